The van der Waals surface area contributed by atoms with Gasteiger partial charge >= 0.3 is 6.18 Å². The quantitative estimate of drug-likeness (QED) is 0.295. The molecule has 2 saturated heterocycles. The predicted molar refractivity (Wildman–Crippen MR) is 166 cm³/mol. The monoisotopic (exact) mass is 672 g/mol. The number of piperidine rings is 1. The Kier molecular flexibility index (Phi) is 8.27. The molecule has 2 aromatic heterocycles. The van der Waals surface area contributed by atoms with Gasteiger partial charge in [-0.25, -0.2) is 4.98 Å². The summed E-state index contributed by atoms with van der Waals surface area (Å²) in [6.45, 7) is 3.53. The molecule has 0 radical (unpaired) electrons. The number of nitrogens with one attached hydrogen (secondary N) is 4. The van der Waals surface area contributed by atoms with E-state index in [2.05, 4.69) is 30.8 Å². The number of amides is 3. The first kappa shape index (κ1) is 31.7. The van der Waals surface area contributed by atoms with Gasteiger partial charge in [0.25, 0.3) is 11.8 Å². The molecule has 0 unspecified atom stereocenters. The Morgan fingerprint density at radius 1 is 1.04 bits per heavy atom. The Balaban J connectivity index is 0.957. The molecule has 0 atom stereocenters. The maximum absolute atomic E-state index is 13.8. The highest BCUT2D eigenvalue weighted by atomic mass is 35.5. The van der Waals surface area contributed by atoms with Gasteiger partial charge < -0.3 is 25.4 Å². The zero-order chi connectivity index (χ0) is 32.9. The lowest BCUT2D eigenvalue weighted by Crippen LogP contribution is -2.52. The highest BCUT2D eigenvalue weighted by Crippen LogP contribution is 2.66. The van der Waals surface area contributed by atoms with Gasteiger partial charge in [0, 0.05) is 50.3 Å². The Hall–Kier alpha value is -3.91. The van der Waals surface area contributed by atoms with E-state index in [-0.39, 0.29) is 57.7 Å². The molecule has 4 N–H and O–H groups in total. The number of piperazine rings is 1. The normalized spacial score (nSPS) is 19.9. The predicted octanol–water partition coefficient (Wildman–Crippen LogP) is 4.34. The second-order valence-corrected chi connectivity index (χ2v) is 13.7. The van der Waals surface area contributed by atoms with Gasteiger partial charge in [-0.2, -0.15) is 18.3 Å². The summed E-state index contributed by atoms with van der Waals surface area (Å²) in [4.78, 5) is 49.4. The van der Waals surface area contributed by atoms with Gasteiger partial charge in [0.2, 0.25) is 5.91 Å². The van der Waals surface area contributed by atoms with Crippen LogP contribution < -0.4 is 10.6 Å². The number of rotatable bonds is 7. The van der Waals surface area contributed by atoms with E-state index < -0.39 is 17.8 Å². The zero-order valence-electron chi connectivity index (χ0n) is 25.7. The number of halogens is 4. The van der Waals surface area contributed by atoms with Crippen molar-refractivity contribution in [2.45, 2.75) is 57.2 Å². The van der Waals surface area contributed by atoms with Gasteiger partial charge in [-0.05, 0) is 74.7 Å². The minimum atomic E-state index is -4.68. The highest BCUT2D eigenvalue weighted by molar-refractivity contribution is 6.33. The van der Waals surface area contributed by atoms with Crippen LogP contribution >= 0.6 is 11.6 Å². The molecular weight excluding hydrogens is 637 g/mol. The second-order valence-electron chi connectivity index (χ2n) is 13.2. The lowest BCUT2D eigenvalue weighted by Gasteiger charge is -2.37. The zero-order valence-corrected chi connectivity index (χ0v) is 26.4. The number of aromatic nitrogens is 4. The number of alkyl halides is 3. The van der Waals surface area contributed by atoms with Crippen LogP contribution in [0.25, 0.3) is 11.3 Å². The van der Waals surface area contributed by atoms with Crippen molar-refractivity contribution in [3.63, 3.8) is 0 Å². The molecule has 2 aliphatic carbocycles. The number of hydrogen-bond donors (Lipinski definition) is 4. The smallest absolute Gasteiger partial charge is 0.345 e. The van der Waals surface area contributed by atoms with Crippen molar-refractivity contribution < 1.29 is 27.6 Å². The van der Waals surface area contributed by atoms with E-state index in [9.17, 15) is 27.6 Å². The number of hydrogen-bond acceptors (Lipinski definition) is 6. The molecule has 2 saturated carbocycles. The fraction of sp³-hybridized carbons (Fsp3) is 0.531. The Morgan fingerprint density at radius 3 is 2.40 bits per heavy atom. The van der Waals surface area contributed by atoms with Gasteiger partial charge in [-0.1, -0.05) is 17.7 Å². The summed E-state index contributed by atoms with van der Waals surface area (Å²) in [5.41, 5.74) is 0.601. The van der Waals surface area contributed by atoms with Crippen molar-refractivity contribution in [1.82, 2.24) is 40.6 Å². The summed E-state index contributed by atoms with van der Waals surface area (Å²) in [7, 11) is 0. The van der Waals surface area contributed by atoms with Crippen molar-refractivity contribution >= 4 is 29.3 Å². The molecule has 1 spiro atoms. The number of benzene rings is 1. The number of carbonyl (C=O) groups excluding carboxylic acids is 3. The van der Waals surface area contributed by atoms with E-state index in [0.29, 0.717) is 43.0 Å². The maximum atomic E-state index is 13.8. The van der Waals surface area contributed by atoms with E-state index in [4.69, 9.17) is 11.6 Å². The second kappa shape index (κ2) is 12.3. The van der Waals surface area contributed by atoms with Crippen molar-refractivity contribution in [3.8, 4) is 11.3 Å². The molecule has 1 aromatic carbocycles. The first-order valence-electron chi connectivity index (χ1n) is 16.1. The third kappa shape index (κ3) is 6.37. The van der Waals surface area contributed by atoms with Crippen molar-refractivity contribution in [3.05, 3.63) is 57.8 Å². The van der Waals surface area contributed by atoms with Gasteiger partial charge in [0.15, 0.2) is 11.5 Å². The highest BCUT2D eigenvalue weighted by Gasteiger charge is 2.55. The molecule has 0 bridgehead atoms. The lowest BCUT2D eigenvalue weighted by atomic mass is 9.69. The number of nitrogens with zero attached hydrogens (tertiary/aromatic N) is 4. The van der Waals surface area contributed by atoms with Crippen LogP contribution in [0.3, 0.4) is 0 Å². The van der Waals surface area contributed by atoms with E-state index in [1.165, 1.54) is 6.20 Å². The van der Waals surface area contributed by atoms with Crippen LogP contribution in [0.2, 0.25) is 5.02 Å². The molecule has 47 heavy (non-hydrogen) atoms. The lowest BCUT2D eigenvalue weighted by molar-refractivity contribution is -0.140. The fourth-order valence-corrected chi connectivity index (χ4v) is 7.49. The molecule has 2 aliphatic heterocycles. The van der Waals surface area contributed by atoms with Crippen molar-refractivity contribution in [1.29, 1.82) is 0 Å². The van der Waals surface area contributed by atoms with Crippen LogP contribution in [0.15, 0.2) is 24.4 Å². The standard InChI is InChI=1S/C32H36ClF3N8O3/c33-22-13-18(1-2-21(22)30(47)44-11-9-43(10-12-44)29(46)19-3-7-37-8-4-19)16-39-28(45)27-38-17-23(40-27)24-25(20-14-31(15-20)5-6-31)41-42-26(24)32(34,35)36/h1-2,13,17,19-20,37H,3-12,14-16H2,(H,38,40)(H,39,45)(H,41,42). The summed E-state index contributed by atoms with van der Waals surface area (Å²) in [5, 5.41) is 12.4. The van der Waals surface area contributed by atoms with Crippen molar-refractivity contribution in [2.75, 3.05) is 39.3 Å². The van der Waals surface area contributed by atoms with E-state index >= 15 is 0 Å². The van der Waals surface area contributed by atoms with Crippen LogP contribution in [0.1, 0.15) is 82.4 Å². The molecule has 3 aromatic rings. The third-order valence-electron chi connectivity index (χ3n) is 10.1. The maximum Gasteiger partial charge on any atom is 0.435 e. The summed E-state index contributed by atoms with van der Waals surface area (Å²) in [6, 6.07) is 4.88. The average molecular weight is 673 g/mol. The summed E-state index contributed by atoms with van der Waals surface area (Å²) in [5.74, 6) is -0.824. The average Bonchev–Trinajstić information content (AvgIpc) is 3.48. The third-order valence-corrected chi connectivity index (χ3v) is 10.4. The van der Waals surface area contributed by atoms with E-state index in [1.54, 1.807) is 23.1 Å². The molecule has 11 nitrogen and oxygen atoms in total. The molecule has 15 heteroatoms. The largest absolute Gasteiger partial charge is 0.435 e. The molecule has 250 valence electrons. The van der Waals surface area contributed by atoms with Gasteiger partial charge in [0.1, 0.15) is 0 Å². The number of H-pyrrole nitrogens is 2. The van der Waals surface area contributed by atoms with Crippen molar-refractivity contribution in [2.24, 2.45) is 11.3 Å². The number of carbonyl (C=O) groups is 3. The summed E-state index contributed by atoms with van der Waals surface area (Å²) in [6.07, 6.45) is 2.08. The fourth-order valence-electron chi connectivity index (χ4n) is 7.20. The molecule has 4 heterocycles. The number of aromatic amines is 2. The van der Waals surface area contributed by atoms with Crippen LogP contribution in [-0.2, 0) is 17.5 Å². The summed E-state index contributed by atoms with van der Waals surface area (Å²) < 4.78 is 41.5. The molecule has 7 rings (SSSR count). The Morgan fingerprint density at radius 2 is 1.74 bits per heavy atom. The number of imidazole rings is 1. The van der Waals surface area contributed by atoms with Gasteiger partial charge in [-0.15, -0.1) is 0 Å². The first-order chi connectivity index (χ1) is 22.5. The molecule has 4 aliphatic rings. The van der Waals surface area contributed by atoms with Crippen LogP contribution in [-0.4, -0.2) is 87.0 Å². The first-order valence-corrected chi connectivity index (χ1v) is 16.5. The van der Waals surface area contributed by atoms with Crippen LogP contribution in [0, 0.1) is 11.3 Å². The van der Waals surface area contributed by atoms with Crippen LogP contribution in [0.5, 0.6) is 0 Å². The Bertz CT molecular complexity index is 1680. The van der Waals surface area contributed by atoms with E-state index in [1.807, 2.05) is 4.90 Å². The minimum Gasteiger partial charge on any atom is -0.345 e. The molecular formula is C32H36ClF3N8O3. The molecule has 3 amide bonds. The van der Waals surface area contributed by atoms with E-state index in [0.717, 1.165) is 51.6 Å². The molecule has 4 fully saturated rings. The SMILES string of the molecule is O=C(NCc1ccc(C(=O)N2CCN(C(=O)C3CCNCC3)CC2)c(Cl)c1)c1ncc(-c2c(C(F)(F)F)n[nH]c2C2CC3(CC3)C2)[nH]1. The minimum absolute atomic E-state index is 0.0363. The summed E-state index contributed by atoms with van der Waals surface area (Å²) >= 11 is 6.50. The Labute approximate surface area is 274 Å². The van der Waals surface area contributed by atoms with Crippen LogP contribution in [0.4, 0.5) is 13.2 Å². The van der Waals surface area contributed by atoms with Gasteiger partial charge in [-0.3, -0.25) is 19.5 Å². The topological polar surface area (TPSA) is 139 Å². The van der Waals surface area contributed by atoms with Gasteiger partial charge in [0.05, 0.1) is 28.0 Å².